The first-order valence-electron chi connectivity index (χ1n) is 6.59. The van der Waals surface area contributed by atoms with E-state index in [1.165, 1.54) is 3.57 Å². The van der Waals surface area contributed by atoms with E-state index in [1.54, 1.807) is 7.11 Å². The second-order valence-electron chi connectivity index (χ2n) is 4.74. The maximum atomic E-state index is 5.71. The van der Waals surface area contributed by atoms with Crippen LogP contribution in [0.4, 0.5) is 5.69 Å². The lowest BCUT2D eigenvalue weighted by Gasteiger charge is -2.28. The van der Waals surface area contributed by atoms with Crippen LogP contribution in [-0.4, -0.2) is 13.7 Å². The summed E-state index contributed by atoms with van der Waals surface area (Å²) in [5.74, 6) is 1.81. The van der Waals surface area contributed by atoms with Crippen LogP contribution < -0.4 is 14.8 Å². The second kappa shape index (κ2) is 5.91. The zero-order chi connectivity index (χ0) is 13.9. The molecule has 0 fully saturated rings. The normalized spacial score (nSPS) is 17.0. The van der Waals surface area contributed by atoms with Crippen molar-refractivity contribution in [3.8, 4) is 11.5 Å². The number of fused-ring (bicyclic) bond motifs is 1. The van der Waals surface area contributed by atoms with E-state index in [0.29, 0.717) is 0 Å². The van der Waals surface area contributed by atoms with E-state index in [1.807, 2.05) is 12.1 Å². The summed E-state index contributed by atoms with van der Waals surface area (Å²) in [5, 5.41) is 3.58. The smallest absolute Gasteiger partial charge is 0.124 e. The van der Waals surface area contributed by atoms with Gasteiger partial charge in [0.1, 0.15) is 11.5 Å². The van der Waals surface area contributed by atoms with Gasteiger partial charge in [0.15, 0.2) is 0 Å². The number of halogens is 1. The summed E-state index contributed by atoms with van der Waals surface area (Å²) in [5.41, 5.74) is 2.29. The first kappa shape index (κ1) is 13.5. The van der Waals surface area contributed by atoms with Crippen LogP contribution in [0.25, 0.3) is 0 Å². The Balaban J connectivity index is 1.87. The molecule has 1 heterocycles. The third-order valence-corrected chi connectivity index (χ3v) is 4.16. The molecule has 0 bridgehead atoms. The molecule has 0 aromatic heterocycles. The van der Waals surface area contributed by atoms with E-state index >= 15 is 0 Å². The second-order valence-corrected chi connectivity index (χ2v) is 5.99. The van der Waals surface area contributed by atoms with Crippen molar-refractivity contribution in [2.45, 2.75) is 12.5 Å². The van der Waals surface area contributed by atoms with E-state index in [4.69, 9.17) is 9.47 Å². The lowest BCUT2D eigenvalue weighted by molar-refractivity contribution is 0.273. The molecule has 0 spiro atoms. The summed E-state index contributed by atoms with van der Waals surface area (Å²) in [6.07, 6.45) is 0.951. The van der Waals surface area contributed by atoms with Crippen LogP contribution in [0.3, 0.4) is 0 Å². The highest BCUT2D eigenvalue weighted by molar-refractivity contribution is 14.1. The van der Waals surface area contributed by atoms with Crippen molar-refractivity contribution < 1.29 is 9.47 Å². The number of nitrogens with one attached hydrogen (secondary N) is 1. The van der Waals surface area contributed by atoms with Gasteiger partial charge in [-0.25, -0.2) is 0 Å². The average molecular weight is 381 g/mol. The summed E-state index contributed by atoms with van der Waals surface area (Å²) < 4.78 is 12.3. The van der Waals surface area contributed by atoms with E-state index < -0.39 is 0 Å². The molecule has 0 aliphatic carbocycles. The Kier molecular flexibility index (Phi) is 4.00. The number of ether oxygens (including phenoxy) is 2. The minimum absolute atomic E-state index is 0.258. The third kappa shape index (κ3) is 2.85. The molecular formula is C16H16INO2. The standard InChI is InChI=1S/C16H16INO2/c1-19-13-6-7-16-14(10-13)15(8-9-20-16)18-12-4-2-11(17)3-5-12/h2-7,10,15,18H,8-9H2,1H3. The highest BCUT2D eigenvalue weighted by Gasteiger charge is 2.22. The topological polar surface area (TPSA) is 30.5 Å². The molecule has 0 amide bonds. The van der Waals surface area contributed by atoms with E-state index in [9.17, 15) is 0 Å². The molecule has 1 atom stereocenters. The van der Waals surface area contributed by atoms with Crippen molar-refractivity contribution in [1.29, 1.82) is 0 Å². The van der Waals surface area contributed by atoms with Gasteiger partial charge in [0.2, 0.25) is 0 Å². The number of hydrogen-bond donors (Lipinski definition) is 1. The Labute approximate surface area is 132 Å². The Hall–Kier alpha value is -1.43. The van der Waals surface area contributed by atoms with Gasteiger partial charge in [-0.15, -0.1) is 0 Å². The predicted octanol–water partition coefficient (Wildman–Crippen LogP) is 4.24. The molecule has 3 rings (SSSR count). The monoisotopic (exact) mass is 381 g/mol. The molecule has 0 saturated carbocycles. The molecule has 3 nitrogen and oxygen atoms in total. The number of methoxy groups -OCH3 is 1. The Morgan fingerprint density at radius 2 is 2.00 bits per heavy atom. The summed E-state index contributed by atoms with van der Waals surface area (Å²) in [6, 6.07) is 14.7. The largest absolute Gasteiger partial charge is 0.497 e. The van der Waals surface area contributed by atoms with Gasteiger partial charge in [-0.2, -0.15) is 0 Å². The Morgan fingerprint density at radius 3 is 2.75 bits per heavy atom. The quantitative estimate of drug-likeness (QED) is 0.808. The lowest BCUT2D eigenvalue weighted by Crippen LogP contribution is -2.20. The number of benzene rings is 2. The third-order valence-electron chi connectivity index (χ3n) is 3.44. The predicted molar refractivity (Wildman–Crippen MR) is 88.6 cm³/mol. The van der Waals surface area contributed by atoms with Crippen molar-refractivity contribution >= 4 is 28.3 Å². The van der Waals surface area contributed by atoms with Crippen LogP contribution in [0.5, 0.6) is 11.5 Å². The van der Waals surface area contributed by atoms with Crippen molar-refractivity contribution in [2.75, 3.05) is 19.0 Å². The number of anilines is 1. The summed E-state index contributed by atoms with van der Waals surface area (Å²) in [7, 11) is 1.69. The van der Waals surface area contributed by atoms with Gasteiger partial charge in [-0.1, -0.05) is 0 Å². The molecule has 0 radical (unpaired) electrons. The fourth-order valence-electron chi connectivity index (χ4n) is 2.40. The highest BCUT2D eigenvalue weighted by atomic mass is 127. The SMILES string of the molecule is COc1ccc2c(c1)C(Nc1ccc(I)cc1)CCO2. The molecule has 2 aromatic carbocycles. The molecular weight excluding hydrogens is 365 g/mol. The molecule has 1 aliphatic rings. The van der Waals surface area contributed by atoms with Gasteiger partial charge in [-0.05, 0) is 65.1 Å². The molecule has 4 heteroatoms. The summed E-state index contributed by atoms with van der Waals surface area (Å²) in [4.78, 5) is 0. The van der Waals surface area contributed by atoms with E-state index in [-0.39, 0.29) is 6.04 Å². The fourth-order valence-corrected chi connectivity index (χ4v) is 2.76. The summed E-state index contributed by atoms with van der Waals surface area (Å²) in [6.45, 7) is 0.737. The van der Waals surface area contributed by atoms with Gasteiger partial charge in [0, 0.05) is 21.2 Å². The van der Waals surface area contributed by atoms with E-state index in [0.717, 1.165) is 35.8 Å². The van der Waals surface area contributed by atoms with Crippen LogP contribution in [0.2, 0.25) is 0 Å². The molecule has 104 valence electrons. The van der Waals surface area contributed by atoms with Gasteiger partial charge < -0.3 is 14.8 Å². The Morgan fingerprint density at radius 1 is 1.20 bits per heavy atom. The van der Waals surface area contributed by atoms with Crippen LogP contribution >= 0.6 is 22.6 Å². The van der Waals surface area contributed by atoms with Gasteiger partial charge >= 0.3 is 0 Å². The highest BCUT2D eigenvalue weighted by Crippen LogP contribution is 2.36. The minimum atomic E-state index is 0.258. The molecule has 1 N–H and O–H groups in total. The number of rotatable bonds is 3. The first-order valence-corrected chi connectivity index (χ1v) is 7.67. The van der Waals surface area contributed by atoms with Crippen molar-refractivity contribution in [2.24, 2.45) is 0 Å². The van der Waals surface area contributed by atoms with Gasteiger partial charge in [0.25, 0.3) is 0 Å². The molecule has 20 heavy (non-hydrogen) atoms. The Bertz CT molecular complexity index is 598. The van der Waals surface area contributed by atoms with Crippen LogP contribution in [0.1, 0.15) is 18.0 Å². The zero-order valence-corrected chi connectivity index (χ0v) is 13.4. The lowest BCUT2D eigenvalue weighted by atomic mass is 10.00. The molecule has 2 aromatic rings. The van der Waals surface area contributed by atoms with Gasteiger partial charge in [-0.3, -0.25) is 0 Å². The molecule has 1 unspecified atom stereocenters. The van der Waals surface area contributed by atoms with Crippen LogP contribution in [-0.2, 0) is 0 Å². The van der Waals surface area contributed by atoms with Crippen LogP contribution in [0, 0.1) is 3.57 Å². The maximum Gasteiger partial charge on any atom is 0.124 e. The van der Waals surface area contributed by atoms with E-state index in [2.05, 4.69) is 58.2 Å². The first-order chi connectivity index (χ1) is 9.76. The minimum Gasteiger partial charge on any atom is -0.497 e. The van der Waals surface area contributed by atoms with Crippen molar-refractivity contribution in [1.82, 2.24) is 0 Å². The molecule has 0 saturated heterocycles. The molecule has 1 aliphatic heterocycles. The number of hydrogen-bond acceptors (Lipinski definition) is 3. The van der Waals surface area contributed by atoms with Crippen molar-refractivity contribution in [3.05, 3.63) is 51.6 Å². The maximum absolute atomic E-state index is 5.71. The fraction of sp³-hybridized carbons (Fsp3) is 0.250. The zero-order valence-electron chi connectivity index (χ0n) is 11.2. The summed E-state index contributed by atoms with van der Waals surface area (Å²) >= 11 is 2.31. The average Bonchev–Trinajstić information content (AvgIpc) is 2.49. The van der Waals surface area contributed by atoms with Crippen LogP contribution in [0.15, 0.2) is 42.5 Å². The van der Waals surface area contributed by atoms with Crippen molar-refractivity contribution in [3.63, 3.8) is 0 Å². The van der Waals surface area contributed by atoms with Gasteiger partial charge in [0.05, 0.1) is 19.8 Å².